The molecule has 0 fully saturated rings. The van der Waals surface area contributed by atoms with Crippen LogP contribution in [0.1, 0.15) is 31.1 Å². The van der Waals surface area contributed by atoms with Gasteiger partial charge in [-0.05, 0) is 45.0 Å². The van der Waals surface area contributed by atoms with Gasteiger partial charge >= 0.3 is 0 Å². The predicted octanol–water partition coefficient (Wildman–Crippen LogP) is 3.35. The van der Waals surface area contributed by atoms with Crippen LogP contribution in [0, 0.1) is 0 Å². The molecule has 1 N–H and O–H groups in total. The Labute approximate surface area is 109 Å². The molecule has 0 aliphatic rings. The fraction of sp³-hybridized carbons (Fsp3) is 0.364. The summed E-state index contributed by atoms with van der Waals surface area (Å²) in [6.07, 6.45) is 0. The molecule has 0 saturated carbocycles. The van der Waals surface area contributed by atoms with Gasteiger partial charge in [0.15, 0.2) is 0 Å². The molecule has 0 heterocycles. The Morgan fingerprint density at radius 2 is 1.81 bits per heavy atom. The number of hydrogen-bond donors (Lipinski definition) is 1. The standard InChI is InChI=1S/C11H14BrClN2O/c1-11(2,3)15(13)14-10(16)8-4-6-9(12)7-5-8/h4-7H,1-3H3,(H,14,16). The van der Waals surface area contributed by atoms with Crippen LogP contribution < -0.4 is 5.43 Å². The van der Waals surface area contributed by atoms with E-state index in [0.717, 1.165) is 4.47 Å². The zero-order valence-electron chi connectivity index (χ0n) is 9.42. The number of nitrogens with one attached hydrogen (secondary N) is 1. The number of benzene rings is 1. The SMILES string of the molecule is CC(C)(C)N(Cl)NC(=O)c1ccc(Br)cc1. The summed E-state index contributed by atoms with van der Waals surface area (Å²) in [5.74, 6) is -0.225. The van der Waals surface area contributed by atoms with Gasteiger partial charge in [0.2, 0.25) is 0 Å². The van der Waals surface area contributed by atoms with E-state index in [1.54, 1.807) is 12.1 Å². The number of carbonyl (C=O) groups is 1. The van der Waals surface area contributed by atoms with E-state index >= 15 is 0 Å². The minimum Gasteiger partial charge on any atom is -0.270 e. The second kappa shape index (κ2) is 5.17. The van der Waals surface area contributed by atoms with E-state index in [0.29, 0.717) is 5.56 Å². The van der Waals surface area contributed by atoms with Crippen LogP contribution in [0.5, 0.6) is 0 Å². The molecule has 0 aromatic heterocycles. The van der Waals surface area contributed by atoms with Gasteiger partial charge in [0, 0.05) is 27.4 Å². The Kier molecular flexibility index (Phi) is 4.35. The summed E-state index contributed by atoms with van der Waals surface area (Å²) >= 11 is 9.23. The van der Waals surface area contributed by atoms with Gasteiger partial charge in [-0.25, -0.2) is 0 Å². The largest absolute Gasteiger partial charge is 0.270 e. The first-order valence-corrected chi connectivity index (χ1v) is 5.96. The average Bonchev–Trinajstić information content (AvgIpc) is 2.17. The lowest BCUT2D eigenvalue weighted by Gasteiger charge is -2.28. The van der Waals surface area contributed by atoms with Crippen molar-refractivity contribution in [1.82, 2.24) is 9.95 Å². The maximum Gasteiger partial charge on any atom is 0.266 e. The normalized spacial score (nSPS) is 11.6. The second-order valence-electron chi connectivity index (χ2n) is 4.40. The van der Waals surface area contributed by atoms with Crippen molar-refractivity contribution in [2.24, 2.45) is 0 Å². The molecule has 5 heteroatoms. The summed E-state index contributed by atoms with van der Waals surface area (Å²) in [6, 6.07) is 7.08. The van der Waals surface area contributed by atoms with Crippen LogP contribution >= 0.6 is 27.7 Å². The smallest absolute Gasteiger partial charge is 0.266 e. The monoisotopic (exact) mass is 304 g/mol. The average molecular weight is 306 g/mol. The molecular formula is C11H14BrClN2O. The number of hydrogen-bond acceptors (Lipinski definition) is 2. The van der Waals surface area contributed by atoms with E-state index < -0.39 is 0 Å². The number of hydrazine groups is 1. The zero-order valence-corrected chi connectivity index (χ0v) is 11.8. The molecule has 0 atom stereocenters. The van der Waals surface area contributed by atoms with Crippen molar-refractivity contribution >= 4 is 33.6 Å². The molecule has 1 rings (SSSR count). The highest BCUT2D eigenvalue weighted by molar-refractivity contribution is 9.10. The number of halogens is 2. The Bertz CT molecular complexity index is 373. The fourth-order valence-corrected chi connectivity index (χ4v) is 1.26. The molecule has 1 amide bonds. The first-order chi connectivity index (χ1) is 7.30. The summed E-state index contributed by atoms with van der Waals surface area (Å²) < 4.78 is 2.21. The number of carbonyl (C=O) groups excluding carboxylic acids is 1. The molecule has 16 heavy (non-hydrogen) atoms. The first kappa shape index (κ1) is 13.5. The van der Waals surface area contributed by atoms with Crippen LogP contribution in [-0.4, -0.2) is 16.0 Å². The predicted molar refractivity (Wildman–Crippen MR) is 69.1 cm³/mol. The van der Waals surface area contributed by atoms with Crippen LogP contribution in [0.4, 0.5) is 0 Å². The molecule has 0 saturated heterocycles. The topological polar surface area (TPSA) is 32.3 Å². The van der Waals surface area contributed by atoms with Gasteiger partial charge in [-0.2, -0.15) is 0 Å². The number of nitrogens with zero attached hydrogens (tertiary/aromatic N) is 1. The third kappa shape index (κ3) is 3.77. The molecule has 0 aliphatic heterocycles. The van der Waals surface area contributed by atoms with E-state index in [1.807, 2.05) is 32.9 Å². The third-order valence-electron chi connectivity index (χ3n) is 1.90. The molecule has 0 spiro atoms. The number of amides is 1. The quantitative estimate of drug-likeness (QED) is 0.671. The van der Waals surface area contributed by atoms with Crippen LogP contribution in [-0.2, 0) is 0 Å². The Morgan fingerprint density at radius 1 is 1.31 bits per heavy atom. The third-order valence-corrected chi connectivity index (χ3v) is 3.02. The lowest BCUT2D eigenvalue weighted by molar-refractivity contribution is 0.0806. The lowest BCUT2D eigenvalue weighted by atomic mass is 10.1. The highest BCUT2D eigenvalue weighted by Gasteiger charge is 2.21. The highest BCUT2D eigenvalue weighted by atomic mass is 79.9. The number of rotatable bonds is 2. The van der Waals surface area contributed by atoms with Gasteiger partial charge in [0.25, 0.3) is 5.91 Å². The van der Waals surface area contributed by atoms with Crippen molar-refractivity contribution < 1.29 is 4.79 Å². The maximum absolute atomic E-state index is 11.8. The maximum atomic E-state index is 11.8. The van der Waals surface area contributed by atoms with Crippen molar-refractivity contribution in [2.75, 3.05) is 0 Å². The summed E-state index contributed by atoms with van der Waals surface area (Å²) in [5.41, 5.74) is 2.84. The molecule has 0 unspecified atom stereocenters. The van der Waals surface area contributed by atoms with Gasteiger partial charge in [-0.3, -0.25) is 10.2 Å². The summed E-state index contributed by atoms with van der Waals surface area (Å²) in [5, 5.41) is 0. The molecule has 0 bridgehead atoms. The van der Waals surface area contributed by atoms with Gasteiger partial charge < -0.3 is 0 Å². The Morgan fingerprint density at radius 3 is 2.25 bits per heavy atom. The summed E-state index contributed by atoms with van der Waals surface area (Å²) in [6.45, 7) is 5.71. The lowest BCUT2D eigenvalue weighted by Crippen LogP contribution is -2.46. The van der Waals surface area contributed by atoms with Crippen molar-refractivity contribution in [3.8, 4) is 0 Å². The van der Waals surface area contributed by atoms with E-state index in [2.05, 4.69) is 21.4 Å². The highest BCUT2D eigenvalue weighted by Crippen LogP contribution is 2.14. The molecular weight excluding hydrogens is 291 g/mol. The second-order valence-corrected chi connectivity index (χ2v) is 5.65. The van der Waals surface area contributed by atoms with Gasteiger partial charge in [0.05, 0.1) is 0 Å². The summed E-state index contributed by atoms with van der Waals surface area (Å²) in [4.78, 5) is 11.8. The first-order valence-electron chi connectivity index (χ1n) is 4.83. The molecule has 3 nitrogen and oxygen atoms in total. The minimum atomic E-state index is -0.327. The Hall–Kier alpha value is -0.580. The van der Waals surface area contributed by atoms with Crippen LogP contribution in [0.15, 0.2) is 28.7 Å². The molecule has 1 aromatic carbocycles. The van der Waals surface area contributed by atoms with Crippen LogP contribution in [0.2, 0.25) is 0 Å². The minimum absolute atomic E-state index is 0.225. The molecule has 0 aliphatic carbocycles. The van der Waals surface area contributed by atoms with Crippen LogP contribution in [0.3, 0.4) is 0 Å². The van der Waals surface area contributed by atoms with E-state index in [1.165, 1.54) is 4.53 Å². The van der Waals surface area contributed by atoms with E-state index in [4.69, 9.17) is 11.8 Å². The fourth-order valence-electron chi connectivity index (χ4n) is 0.923. The van der Waals surface area contributed by atoms with Gasteiger partial charge in [-0.1, -0.05) is 15.9 Å². The zero-order chi connectivity index (χ0) is 12.3. The van der Waals surface area contributed by atoms with Gasteiger partial charge in [-0.15, -0.1) is 4.53 Å². The molecule has 0 radical (unpaired) electrons. The van der Waals surface area contributed by atoms with Crippen molar-refractivity contribution in [1.29, 1.82) is 0 Å². The molecule has 88 valence electrons. The van der Waals surface area contributed by atoms with Crippen molar-refractivity contribution in [2.45, 2.75) is 26.3 Å². The van der Waals surface area contributed by atoms with Crippen molar-refractivity contribution in [3.63, 3.8) is 0 Å². The van der Waals surface area contributed by atoms with E-state index in [-0.39, 0.29) is 11.4 Å². The summed E-state index contributed by atoms with van der Waals surface area (Å²) in [7, 11) is 0. The van der Waals surface area contributed by atoms with Crippen LogP contribution in [0.25, 0.3) is 0 Å². The Balaban J connectivity index is 2.70. The molecule has 1 aromatic rings. The van der Waals surface area contributed by atoms with E-state index in [9.17, 15) is 4.79 Å². The van der Waals surface area contributed by atoms with Crippen molar-refractivity contribution in [3.05, 3.63) is 34.3 Å². The van der Waals surface area contributed by atoms with Gasteiger partial charge in [0.1, 0.15) is 0 Å².